The molecule has 0 saturated heterocycles. The average Bonchev–Trinajstić information content (AvgIpc) is 3.19. The Morgan fingerprint density at radius 2 is 2.00 bits per heavy atom. The summed E-state index contributed by atoms with van der Waals surface area (Å²) in [5, 5.41) is 9.58. The van der Waals surface area contributed by atoms with Crippen LogP contribution in [0.3, 0.4) is 0 Å². The number of carboxylic acids is 1. The number of dihydropyridines is 1. The highest BCUT2D eigenvalue weighted by molar-refractivity contribution is 5.85. The van der Waals surface area contributed by atoms with E-state index in [1.165, 1.54) is 0 Å². The Morgan fingerprint density at radius 3 is 2.58 bits per heavy atom. The molecular formula is C16H17NO2. The molecule has 3 nitrogen and oxygen atoms in total. The molecule has 1 fully saturated rings. The molecule has 0 amide bonds. The summed E-state index contributed by atoms with van der Waals surface area (Å²) in [6.07, 6.45) is 7.62. The van der Waals surface area contributed by atoms with Gasteiger partial charge in [-0.2, -0.15) is 0 Å². The fourth-order valence-electron chi connectivity index (χ4n) is 3.25. The molecule has 2 atom stereocenters. The van der Waals surface area contributed by atoms with Gasteiger partial charge in [-0.25, -0.2) is 4.79 Å². The Bertz CT molecular complexity index is 557. The lowest BCUT2D eigenvalue weighted by atomic mass is 9.63. The number of rotatable bonds is 3. The quantitative estimate of drug-likeness (QED) is 0.902. The van der Waals surface area contributed by atoms with Gasteiger partial charge in [0.25, 0.3) is 0 Å². The highest BCUT2D eigenvalue weighted by Gasteiger charge is 2.61. The van der Waals surface area contributed by atoms with Crippen LogP contribution < -0.4 is 0 Å². The topological polar surface area (TPSA) is 49.7 Å². The largest absolute Gasteiger partial charge is 0.480 e. The average molecular weight is 255 g/mol. The van der Waals surface area contributed by atoms with Crippen LogP contribution in [0.2, 0.25) is 0 Å². The fraction of sp³-hybridized carbons (Fsp3) is 0.375. The molecule has 0 bridgehead atoms. The third-order valence-corrected chi connectivity index (χ3v) is 4.60. The van der Waals surface area contributed by atoms with Crippen LogP contribution in [0.15, 0.2) is 47.5 Å². The first kappa shape index (κ1) is 12.2. The van der Waals surface area contributed by atoms with Gasteiger partial charge in [0.2, 0.25) is 0 Å². The number of carboxylic acid groups (broad SMARTS) is 1. The van der Waals surface area contributed by atoms with Gasteiger partial charge in [0.1, 0.15) is 0 Å². The summed E-state index contributed by atoms with van der Waals surface area (Å²) in [6.45, 7) is 2.17. The summed E-state index contributed by atoms with van der Waals surface area (Å²) >= 11 is 0. The predicted octanol–water partition coefficient (Wildman–Crippen LogP) is 2.82. The van der Waals surface area contributed by atoms with Gasteiger partial charge in [-0.15, -0.1) is 0 Å². The molecule has 1 aromatic carbocycles. The molecule has 3 heteroatoms. The number of allylic oxidation sites excluding steroid dienone is 1. The van der Waals surface area contributed by atoms with Crippen LogP contribution in [0, 0.1) is 5.41 Å². The van der Waals surface area contributed by atoms with E-state index >= 15 is 0 Å². The molecule has 1 N–H and O–H groups in total. The highest BCUT2D eigenvalue weighted by atomic mass is 16.4. The summed E-state index contributed by atoms with van der Waals surface area (Å²) in [5.74, 6) is -0.849. The van der Waals surface area contributed by atoms with Crippen molar-refractivity contribution in [2.24, 2.45) is 10.4 Å². The maximum absolute atomic E-state index is 11.7. The van der Waals surface area contributed by atoms with E-state index in [-0.39, 0.29) is 5.41 Å². The van der Waals surface area contributed by atoms with E-state index in [2.05, 4.69) is 11.9 Å². The predicted molar refractivity (Wildman–Crippen MR) is 74.5 cm³/mol. The Labute approximate surface area is 112 Å². The second kappa shape index (κ2) is 4.05. The minimum atomic E-state index is -0.849. The minimum absolute atomic E-state index is 0.00826. The Kier molecular flexibility index (Phi) is 2.59. The normalized spacial score (nSPS) is 31.1. The van der Waals surface area contributed by atoms with Crippen molar-refractivity contribution < 1.29 is 9.90 Å². The first-order valence-electron chi connectivity index (χ1n) is 6.59. The molecule has 1 saturated carbocycles. The van der Waals surface area contributed by atoms with Crippen LogP contribution in [-0.4, -0.2) is 23.3 Å². The van der Waals surface area contributed by atoms with Crippen molar-refractivity contribution in [1.82, 2.24) is 0 Å². The fourth-order valence-corrected chi connectivity index (χ4v) is 3.25. The lowest BCUT2D eigenvalue weighted by Gasteiger charge is -2.42. The highest BCUT2D eigenvalue weighted by Crippen LogP contribution is 2.62. The van der Waals surface area contributed by atoms with Crippen LogP contribution >= 0.6 is 0 Å². The summed E-state index contributed by atoms with van der Waals surface area (Å²) in [4.78, 5) is 15.9. The molecule has 2 aliphatic rings. The number of aliphatic carboxylic acids is 1. The van der Waals surface area contributed by atoms with Gasteiger partial charge >= 0.3 is 5.97 Å². The monoisotopic (exact) mass is 255 g/mol. The van der Waals surface area contributed by atoms with E-state index in [1.807, 2.05) is 42.5 Å². The molecule has 19 heavy (non-hydrogen) atoms. The maximum atomic E-state index is 11.7. The molecule has 1 aromatic rings. The van der Waals surface area contributed by atoms with Crippen molar-refractivity contribution in [3.63, 3.8) is 0 Å². The Morgan fingerprint density at radius 1 is 1.32 bits per heavy atom. The number of carbonyl (C=O) groups is 1. The van der Waals surface area contributed by atoms with E-state index in [4.69, 9.17) is 0 Å². The van der Waals surface area contributed by atoms with E-state index in [1.54, 1.807) is 6.21 Å². The summed E-state index contributed by atoms with van der Waals surface area (Å²) in [5.41, 5.74) is 0.524. The van der Waals surface area contributed by atoms with Gasteiger partial charge in [0.05, 0.1) is 5.41 Å². The first-order valence-corrected chi connectivity index (χ1v) is 6.59. The molecule has 0 radical (unpaired) electrons. The lowest BCUT2D eigenvalue weighted by Crippen LogP contribution is -2.49. The molecule has 3 rings (SSSR count). The summed E-state index contributed by atoms with van der Waals surface area (Å²) in [7, 11) is 0. The number of aliphatic imine (C=N–C) groups is 1. The van der Waals surface area contributed by atoms with Gasteiger partial charge in [-0.3, -0.25) is 4.99 Å². The number of hydrogen-bond acceptors (Lipinski definition) is 2. The zero-order chi connectivity index (χ0) is 13.5. The number of nitrogens with zero attached hydrogens (tertiary/aromatic N) is 1. The molecule has 0 spiro atoms. The second-order valence-electron chi connectivity index (χ2n) is 5.69. The standard InChI is InChI=1S/C16H17NO2/c1-15(9-10-15)16(12-6-3-2-4-7-12)8-5-11-17-13(16)14(18)19/h2-8,11,13H,9-10H2,1H3,(H,18,19). The third-order valence-electron chi connectivity index (χ3n) is 4.60. The maximum Gasteiger partial charge on any atom is 0.329 e. The Hall–Kier alpha value is -1.90. The summed E-state index contributed by atoms with van der Waals surface area (Å²) in [6, 6.07) is 9.20. The molecule has 1 heterocycles. The van der Waals surface area contributed by atoms with Crippen LogP contribution in [-0.2, 0) is 10.2 Å². The Balaban J connectivity index is 2.20. The molecule has 0 aromatic heterocycles. The molecular weight excluding hydrogens is 238 g/mol. The van der Waals surface area contributed by atoms with Crippen molar-refractivity contribution in [3.05, 3.63) is 48.0 Å². The zero-order valence-electron chi connectivity index (χ0n) is 10.9. The molecule has 98 valence electrons. The van der Waals surface area contributed by atoms with Crippen molar-refractivity contribution in [2.75, 3.05) is 0 Å². The van der Waals surface area contributed by atoms with E-state index in [0.717, 1.165) is 18.4 Å². The lowest BCUT2D eigenvalue weighted by molar-refractivity contribution is -0.140. The molecule has 1 aliphatic heterocycles. The van der Waals surface area contributed by atoms with Crippen molar-refractivity contribution in [3.8, 4) is 0 Å². The van der Waals surface area contributed by atoms with Crippen LogP contribution in [0.1, 0.15) is 25.3 Å². The summed E-state index contributed by atoms with van der Waals surface area (Å²) < 4.78 is 0. The third kappa shape index (κ3) is 1.65. The smallest absolute Gasteiger partial charge is 0.329 e. The van der Waals surface area contributed by atoms with Gasteiger partial charge in [-0.1, -0.05) is 43.3 Å². The second-order valence-corrected chi connectivity index (χ2v) is 5.69. The molecule has 1 aliphatic carbocycles. The van der Waals surface area contributed by atoms with E-state index < -0.39 is 17.4 Å². The van der Waals surface area contributed by atoms with Crippen LogP contribution in [0.4, 0.5) is 0 Å². The zero-order valence-corrected chi connectivity index (χ0v) is 10.9. The van der Waals surface area contributed by atoms with Gasteiger partial charge in [0.15, 0.2) is 6.04 Å². The van der Waals surface area contributed by atoms with E-state index in [9.17, 15) is 9.90 Å². The van der Waals surface area contributed by atoms with Crippen molar-refractivity contribution >= 4 is 12.2 Å². The minimum Gasteiger partial charge on any atom is -0.480 e. The SMILES string of the molecule is CC1(C2(c3ccccc3)C=CC=NC2C(=O)O)CC1. The number of hydrogen-bond donors (Lipinski definition) is 1. The van der Waals surface area contributed by atoms with Crippen LogP contribution in [0.5, 0.6) is 0 Å². The van der Waals surface area contributed by atoms with Gasteiger partial charge in [0, 0.05) is 6.21 Å². The van der Waals surface area contributed by atoms with Gasteiger partial charge < -0.3 is 5.11 Å². The first-order chi connectivity index (χ1) is 9.10. The van der Waals surface area contributed by atoms with Crippen molar-refractivity contribution in [2.45, 2.75) is 31.2 Å². The van der Waals surface area contributed by atoms with Crippen molar-refractivity contribution in [1.29, 1.82) is 0 Å². The van der Waals surface area contributed by atoms with Crippen LogP contribution in [0.25, 0.3) is 0 Å². The van der Waals surface area contributed by atoms with E-state index in [0.29, 0.717) is 0 Å². The number of benzene rings is 1. The van der Waals surface area contributed by atoms with Gasteiger partial charge in [-0.05, 0) is 29.9 Å². The molecule has 2 unspecified atom stereocenters.